The number of nitriles is 1. The van der Waals surface area contributed by atoms with Gasteiger partial charge in [0.2, 0.25) is 5.13 Å². The Balaban J connectivity index is 1.57. The van der Waals surface area contributed by atoms with E-state index in [1.165, 1.54) is 36.3 Å². The van der Waals surface area contributed by atoms with Gasteiger partial charge in [0, 0.05) is 36.4 Å². The number of aromatic nitrogens is 6. The minimum Gasteiger partial charge on any atom is -0.494 e. The number of anilines is 1. The van der Waals surface area contributed by atoms with Gasteiger partial charge in [-0.3, -0.25) is 24.8 Å². The molecule has 1 aliphatic carbocycles. The molecule has 0 atom stereocenters. The molecule has 0 aliphatic heterocycles. The van der Waals surface area contributed by atoms with Gasteiger partial charge >= 0.3 is 0 Å². The average Bonchev–Trinajstić information content (AvgIpc) is 3.53. The van der Waals surface area contributed by atoms with E-state index in [0.29, 0.717) is 28.0 Å². The third kappa shape index (κ3) is 5.19. The van der Waals surface area contributed by atoms with Crippen LogP contribution in [0.25, 0.3) is 22.5 Å². The Morgan fingerprint density at radius 3 is 2.68 bits per heavy atom. The second kappa shape index (κ2) is 10.3. The average molecular weight is 533 g/mol. The molecule has 190 valence electrons. The Morgan fingerprint density at radius 1 is 1.18 bits per heavy atom. The number of halogens is 2. The van der Waals surface area contributed by atoms with Crippen molar-refractivity contribution in [3.05, 3.63) is 52.6 Å². The molecule has 0 saturated heterocycles. The van der Waals surface area contributed by atoms with Crippen molar-refractivity contribution in [2.45, 2.75) is 19.3 Å². The molecule has 1 amide bonds. The predicted octanol–water partition coefficient (Wildman–Crippen LogP) is 4.23. The van der Waals surface area contributed by atoms with Gasteiger partial charge in [0.15, 0.2) is 5.01 Å². The van der Waals surface area contributed by atoms with Crippen molar-refractivity contribution in [3.8, 4) is 46.2 Å². The van der Waals surface area contributed by atoms with Crippen molar-refractivity contribution in [3.63, 3.8) is 0 Å². The third-order valence-corrected chi connectivity index (χ3v) is 6.39. The summed E-state index contributed by atoms with van der Waals surface area (Å²) in [6.07, 6.45) is 1.77. The summed E-state index contributed by atoms with van der Waals surface area (Å²) in [5.41, 5.74) is 1.01. The van der Waals surface area contributed by atoms with Crippen LogP contribution in [0.15, 0.2) is 30.6 Å². The van der Waals surface area contributed by atoms with E-state index in [0.717, 1.165) is 30.2 Å². The maximum Gasteiger partial charge on any atom is 0.280 e. The van der Waals surface area contributed by atoms with Gasteiger partial charge in [-0.25, -0.2) is 8.78 Å². The lowest BCUT2D eigenvalue weighted by molar-refractivity contribution is 0.102. The van der Waals surface area contributed by atoms with Crippen LogP contribution in [-0.2, 0) is 7.05 Å². The summed E-state index contributed by atoms with van der Waals surface area (Å²) >= 11 is 1.12. The minimum atomic E-state index is -2.84. The lowest BCUT2D eigenvalue weighted by atomic mass is 9.98. The highest BCUT2D eigenvalue weighted by atomic mass is 32.1. The lowest BCUT2D eigenvalue weighted by Gasteiger charge is -2.14. The van der Waals surface area contributed by atoms with Gasteiger partial charge in [-0.05, 0) is 30.9 Å². The highest BCUT2D eigenvalue weighted by Crippen LogP contribution is 2.36. The Hall–Kier alpha value is -4.75. The molecule has 38 heavy (non-hydrogen) atoms. The van der Waals surface area contributed by atoms with Gasteiger partial charge in [0.25, 0.3) is 12.3 Å². The van der Waals surface area contributed by atoms with Crippen molar-refractivity contribution in [2.75, 3.05) is 12.4 Å². The number of amides is 1. The Kier molecular flexibility index (Phi) is 6.77. The number of ether oxygens (including phenoxy) is 1. The molecule has 0 unspecified atom stereocenters. The van der Waals surface area contributed by atoms with Crippen LogP contribution in [0.2, 0.25) is 0 Å². The number of hydrogen-bond acceptors (Lipinski definition) is 9. The molecule has 0 spiro atoms. The fourth-order valence-corrected chi connectivity index (χ4v) is 4.13. The zero-order chi connectivity index (χ0) is 26.8. The summed E-state index contributed by atoms with van der Waals surface area (Å²) in [5.74, 6) is 6.01. The molecule has 4 aromatic heterocycles. The summed E-state index contributed by atoms with van der Waals surface area (Å²) in [4.78, 5) is 21.5. The monoisotopic (exact) mass is 532 g/mol. The van der Waals surface area contributed by atoms with E-state index in [4.69, 9.17) is 4.74 Å². The van der Waals surface area contributed by atoms with Crippen LogP contribution in [0.3, 0.4) is 0 Å². The van der Waals surface area contributed by atoms with E-state index in [2.05, 4.69) is 42.4 Å². The maximum atomic E-state index is 13.5. The molecule has 0 radical (unpaired) electrons. The highest BCUT2D eigenvalue weighted by Gasteiger charge is 2.23. The fourth-order valence-electron chi connectivity index (χ4n) is 3.53. The molecular formula is C25H18F2N8O2S. The molecule has 1 aliphatic rings. The molecule has 1 fully saturated rings. The first-order valence-electron chi connectivity index (χ1n) is 11.3. The summed E-state index contributed by atoms with van der Waals surface area (Å²) in [5, 5.41) is 24.9. The Bertz CT molecular complexity index is 1640. The Morgan fingerprint density at radius 2 is 2.00 bits per heavy atom. The van der Waals surface area contributed by atoms with E-state index < -0.39 is 18.0 Å². The molecular weight excluding hydrogens is 514 g/mol. The van der Waals surface area contributed by atoms with Crippen molar-refractivity contribution < 1.29 is 18.3 Å². The summed E-state index contributed by atoms with van der Waals surface area (Å²) < 4.78 is 33.8. The van der Waals surface area contributed by atoms with Crippen LogP contribution in [-0.4, -0.2) is 43.0 Å². The number of methoxy groups -OCH3 is 1. The third-order valence-electron chi connectivity index (χ3n) is 5.63. The Labute approximate surface area is 219 Å². The van der Waals surface area contributed by atoms with Gasteiger partial charge in [-0.1, -0.05) is 17.3 Å². The lowest BCUT2D eigenvalue weighted by Crippen LogP contribution is -2.14. The number of carbonyl (C=O) groups is 1. The second-order valence-electron chi connectivity index (χ2n) is 8.29. The van der Waals surface area contributed by atoms with Gasteiger partial charge in [-0.2, -0.15) is 10.4 Å². The van der Waals surface area contributed by atoms with E-state index in [1.807, 2.05) is 6.07 Å². The maximum absolute atomic E-state index is 13.5. The normalized spacial score (nSPS) is 12.5. The summed E-state index contributed by atoms with van der Waals surface area (Å²) in [6, 6.07) is 6.24. The van der Waals surface area contributed by atoms with Crippen molar-refractivity contribution in [2.24, 2.45) is 13.0 Å². The van der Waals surface area contributed by atoms with Crippen LogP contribution in [0, 0.1) is 29.1 Å². The SMILES string of the molecule is COc1cnc(C(F)F)cc1-c1cc(-c2cc(C#N)n(C)n2)ncc1C(=O)Nc1nnc(C#CC2CC2)s1. The smallest absolute Gasteiger partial charge is 0.280 e. The predicted molar refractivity (Wildman–Crippen MR) is 133 cm³/mol. The molecule has 1 saturated carbocycles. The standard InChI is InChI=1S/C25H18F2N8O2S/c1-35-14(10-28)7-19(34-35)18-8-15(16-9-20(23(26)27)30-12-21(16)37-2)17(11-29-18)24(36)31-25-33-32-22(38-25)6-5-13-3-4-13/h7-9,11-13,23H,3-4H2,1-2H3,(H,31,33,36). The van der Waals surface area contributed by atoms with Crippen molar-refractivity contribution in [1.29, 1.82) is 5.26 Å². The number of hydrogen-bond donors (Lipinski definition) is 1. The van der Waals surface area contributed by atoms with Gasteiger partial charge in [0.05, 0.1) is 24.6 Å². The molecule has 0 bridgehead atoms. The number of carbonyl (C=O) groups excluding carboxylic acids is 1. The fraction of sp³-hybridized carbons (Fsp3) is 0.240. The minimum absolute atomic E-state index is 0.0655. The zero-order valence-electron chi connectivity index (χ0n) is 20.1. The van der Waals surface area contributed by atoms with Crippen LogP contribution >= 0.6 is 11.3 Å². The van der Waals surface area contributed by atoms with Crippen molar-refractivity contribution in [1.82, 2.24) is 29.9 Å². The number of pyridine rings is 2. The zero-order valence-corrected chi connectivity index (χ0v) is 20.9. The molecule has 4 aromatic rings. The molecule has 5 rings (SSSR count). The largest absolute Gasteiger partial charge is 0.494 e. The first-order chi connectivity index (χ1) is 18.4. The number of alkyl halides is 2. The number of rotatable bonds is 6. The van der Waals surface area contributed by atoms with E-state index in [9.17, 15) is 18.8 Å². The highest BCUT2D eigenvalue weighted by molar-refractivity contribution is 7.15. The second-order valence-corrected chi connectivity index (χ2v) is 9.26. The quantitative estimate of drug-likeness (QED) is 0.365. The molecule has 4 heterocycles. The topological polar surface area (TPSA) is 132 Å². The van der Waals surface area contributed by atoms with Crippen LogP contribution in [0.5, 0.6) is 5.75 Å². The summed E-state index contributed by atoms with van der Waals surface area (Å²) in [6.45, 7) is 0. The molecule has 1 N–H and O–H groups in total. The van der Waals surface area contributed by atoms with Crippen LogP contribution in [0.4, 0.5) is 13.9 Å². The first kappa shape index (κ1) is 24.9. The van der Waals surface area contributed by atoms with Gasteiger partial charge in [0.1, 0.15) is 28.9 Å². The number of nitrogens with zero attached hydrogens (tertiary/aromatic N) is 7. The number of aryl methyl sites for hydroxylation is 1. The first-order valence-corrected chi connectivity index (χ1v) is 12.1. The van der Waals surface area contributed by atoms with Crippen LogP contribution < -0.4 is 10.1 Å². The van der Waals surface area contributed by atoms with E-state index in [-0.39, 0.29) is 27.6 Å². The van der Waals surface area contributed by atoms with Gasteiger partial charge in [-0.15, -0.1) is 10.2 Å². The summed E-state index contributed by atoms with van der Waals surface area (Å²) in [7, 11) is 2.98. The van der Waals surface area contributed by atoms with Gasteiger partial charge < -0.3 is 4.74 Å². The van der Waals surface area contributed by atoms with E-state index >= 15 is 0 Å². The van der Waals surface area contributed by atoms with Crippen molar-refractivity contribution >= 4 is 22.4 Å². The number of nitrogens with one attached hydrogen (secondary N) is 1. The molecule has 13 heteroatoms. The van der Waals surface area contributed by atoms with Crippen LogP contribution in [0.1, 0.15) is 46.0 Å². The molecule has 0 aromatic carbocycles. The molecule has 10 nitrogen and oxygen atoms in total. The van der Waals surface area contributed by atoms with E-state index in [1.54, 1.807) is 7.05 Å².